The van der Waals surface area contributed by atoms with E-state index in [2.05, 4.69) is 42.1 Å². The summed E-state index contributed by atoms with van der Waals surface area (Å²) in [7, 11) is 7.53. The Kier molecular flexibility index (Phi) is 11.2. The fourth-order valence-corrected chi connectivity index (χ4v) is 5.64. The molecule has 0 aliphatic carbocycles. The largest absolute Gasteiger partial charge is 0.463 e. The maximum Gasteiger partial charge on any atom is 0.333 e. The van der Waals surface area contributed by atoms with Crippen molar-refractivity contribution in [3.05, 3.63) is 47.7 Å². The van der Waals surface area contributed by atoms with Gasteiger partial charge in [0.2, 0.25) is 11.8 Å². The summed E-state index contributed by atoms with van der Waals surface area (Å²) in [4.78, 5) is 43.7. The van der Waals surface area contributed by atoms with Crippen LogP contribution < -0.4 is 5.32 Å². The van der Waals surface area contributed by atoms with Crippen molar-refractivity contribution in [3.63, 3.8) is 0 Å². The zero-order valence-corrected chi connectivity index (χ0v) is 26.5. The molecule has 1 aromatic heterocycles. The molecule has 0 saturated carbocycles. The number of rotatable bonds is 12. The van der Waals surface area contributed by atoms with Gasteiger partial charge in [-0.05, 0) is 51.4 Å². The van der Waals surface area contributed by atoms with Crippen molar-refractivity contribution in [1.82, 2.24) is 19.7 Å². The molecule has 0 unspecified atom stereocenters. The van der Waals surface area contributed by atoms with E-state index in [0.29, 0.717) is 5.57 Å². The minimum atomic E-state index is -0.735. The molecule has 0 fully saturated rings. The van der Waals surface area contributed by atoms with Gasteiger partial charge in [0, 0.05) is 42.2 Å². The number of nitrogens with one attached hydrogen (secondary N) is 1. The van der Waals surface area contributed by atoms with Gasteiger partial charge in [-0.3, -0.25) is 14.5 Å². The van der Waals surface area contributed by atoms with E-state index in [0.717, 1.165) is 16.5 Å². The number of likely N-dealkylation sites (N-methyl/N-ethyl adjacent to an activating group) is 2. The second-order valence-electron chi connectivity index (χ2n) is 12.2. The van der Waals surface area contributed by atoms with Crippen molar-refractivity contribution in [3.8, 4) is 0 Å². The summed E-state index contributed by atoms with van der Waals surface area (Å²) in [5, 5.41) is 4.21. The van der Waals surface area contributed by atoms with Crippen LogP contribution in [-0.2, 0) is 31.6 Å². The summed E-state index contributed by atoms with van der Waals surface area (Å²) in [5.74, 6) is -0.905. The lowest BCUT2D eigenvalue weighted by atomic mass is 9.76. The number of hydrogen-bond acceptors (Lipinski definition) is 5. The highest BCUT2D eigenvalue weighted by Crippen LogP contribution is 2.36. The van der Waals surface area contributed by atoms with Gasteiger partial charge in [0.15, 0.2) is 0 Å². The molecule has 1 aromatic carbocycles. The normalized spacial score (nSPS) is 14.9. The molecule has 40 heavy (non-hydrogen) atoms. The number of ether oxygens (including phenoxy) is 1. The fraction of sp³-hybridized carbons (Fsp3) is 0.594. The van der Waals surface area contributed by atoms with E-state index in [4.69, 9.17) is 4.74 Å². The molecule has 2 amide bonds. The van der Waals surface area contributed by atoms with E-state index >= 15 is 0 Å². The lowest BCUT2D eigenvalue weighted by molar-refractivity contribution is -0.140. The highest BCUT2D eigenvalue weighted by molar-refractivity contribution is 5.93. The third kappa shape index (κ3) is 7.14. The second kappa shape index (κ2) is 13.5. The van der Waals surface area contributed by atoms with Gasteiger partial charge in [0.05, 0.1) is 18.7 Å². The van der Waals surface area contributed by atoms with E-state index < -0.39 is 23.5 Å². The van der Waals surface area contributed by atoms with E-state index in [9.17, 15) is 14.4 Å². The van der Waals surface area contributed by atoms with Crippen LogP contribution in [0.1, 0.15) is 61.0 Å². The quantitative estimate of drug-likeness (QED) is 0.308. The monoisotopic (exact) mass is 554 g/mol. The molecule has 8 nitrogen and oxygen atoms in total. The number of carbonyl (C=O) groups is 3. The van der Waals surface area contributed by atoms with Crippen molar-refractivity contribution in [2.75, 3.05) is 27.7 Å². The number of hydrogen-bond donors (Lipinski definition) is 1. The molecule has 2 aromatic rings. The van der Waals surface area contributed by atoms with Crippen LogP contribution in [0.3, 0.4) is 0 Å². The Hall–Kier alpha value is -3.13. The highest BCUT2D eigenvalue weighted by atomic mass is 16.5. The number of aryl methyl sites for hydroxylation is 1. The van der Waals surface area contributed by atoms with Crippen molar-refractivity contribution < 1.29 is 19.1 Å². The summed E-state index contributed by atoms with van der Waals surface area (Å²) < 4.78 is 7.22. The molecule has 0 bridgehead atoms. The smallest absolute Gasteiger partial charge is 0.333 e. The summed E-state index contributed by atoms with van der Waals surface area (Å²) in [5.41, 5.74) is 2.06. The Balaban J connectivity index is 2.41. The van der Waals surface area contributed by atoms with Crippen LogP contribution in [0.4, 0.5) is 0 Å². The van der Waals surface area contributed by atoms with Crippen LogP contribution in [-0.4, -0.2) is 78.0 Å². The number of para-hydroxylation sites is 1. The molecule has 3 atom stereocenters. The molecule has 1 N–H and O–H groups in total. The third-order valence-electron chi connectivity index (χ3n) is 7.77. The van der Waals surface area contributed by atoms with Crippen molar-refractivity contribution in [2.45, 2.75) is 78.9 Å². The fourth-order valence-electron chi connectivity index (χ4n) is 5.64. The van der Waals surface area contributed by atoms with E-state index in [1.165, 1.54) is 0 Å². The Bertz CT molecular complexity index is 1220. The van der Waals surface area contributed by atoms with Crippen LogP contribution in [0.25, 0.3) is 10.9 Å². The number of aromatic nitrogens is 1. The van der Waals surface area contributed by atoms with Crippen molar-refractivity contribution in [1.29, 1.82) is 0 Å². The Morgan fingerprint density at radius 2 is 1.65 bits per heavy atom. The van der Waals surface area contributed by atoms with Gasteiger partial charge in [-0.1, -0.05) is 65.8 Å². The van der Waals surface area contributed by atoms with Crippen LogP contribution in [0.15, 0.2) is 42.1 Å². The molecule has 0 radical (unpaired) electrons. The number of nitrogens with zero attached hydrogens (tertiary/aromatic N) is 3. The standard InChI is InChI=1S/C32H50N4O4/c1-13-40-31(39)22(6)18-26(20(2)3)36(12)30(38)27(21(4)5)33-29(37)28(34(9)10)32(7,8)24-19-35(11)25-17-15-14-16-23(24)25/h14-21,26-28H,13H2,1-12H3,(H,33,37)/t26-,27+,28-/m1/s1. The summed E-state index contributed by atoms with van der Waals surface area (Å²) in [6.45, 7) is 15.8. The number of benzene rings is 1. The molecule has 2 rings (SSSR count). The van der Waals surface area contributed by atoms with Crippen LogP contribution >= 0.6 is 0 Å². The first-order valence-corrected chi connectivity index (χ1v) is 14.2. The molecule has 0 spiro atoms. The predicted molar refractivity (Wildman–Crippen MR) is 162 cm³/mol. The van der Waals surface area contributed by atoms with Crippen LogP contribution in [0.5, 0.6) is 0 Å². The molecule has 0 aliphatic heterocycles. The van der Waals surface area contributed by atoms with Crippen LogP contribution in [0.2, 0.25) is 0 Å². The van der Waals surface area contributed by atoms with E-state index in [1.807, 2.05) is 65.9 Å². The summed E-state index contributed by atoms with van der Waals surface area (Å²) in [6, 6.07) is 6.57. The first-order valence-electron chi connectivity index (χ1n) is 14.2. The Morgan fingerprint density at radius 3 is 2.17 bits per heavy atom. The zero-order chi connectivity index (χ0) is 30.5. The molecule has 0 aliphatic rings. The van der Waals surface area contributed by atoms with Gasteiger partial charge in [-0.2, -0.15) is 0 Å². The number of amides is 2. The van der Waals surface area contributed by atoms with Gasteiger partial charge in [0.25, 0.3) is 0 Å². The first-order chi connectivity index (χ1) is 18.6. The maximum absolute atomic E-state index is 14.0. The molecule has 1 heterocycles. The van der Waals surface area contributed by atoms with Gasteiger partial charge >= 0.3 is 5.97 Å². The first kappa shape index (κ1) is 33.1. The van der Waals surface area contributed by atoms with E-state index in [-0.39, 0.29) is 36.3 Å². The average molecular weight is 555 g/mol. The maximum atomic E-state index is 14.0. The molecule has 222 valence electrons. The molecular weight excluding hydrogens is 504 g/mol. The predicted octanol–water partition coefficient (Wildman–Crippen LogP) is 4.52. The number of carbonyl (C=O) groups excluding carboxylic acids is 3. The summed E-state index contributed by atoms with van der Waals surface area (Å²) >= 11 is 0. The van der Waals surface area contributed by atoms with Gasteiger partial charge in [-0.25, -0.2) is 4.79 Å². The lowest BCUT2D eigenvalue weighted by Crippen LogP contribution is -2.60. The summed E-state index contributed by atoms with van der Waals surface area (Å²) in [6.07, 6.45) is 3.88. The molecule has 8 heteroatoms. The van der Waals surface area contributed by atoms with Crippen molar-refractivity contribution >= 4 is 28.7 Å². The Morgan fingerprint density at radius 1 is 1.05 bits per heavy atom. The lowest BCUT2D eigenvalue weighted by Gasteiger charge is -2.39. The topological polar surface area (TPSA) is 83.9 Å². The van der Waals surface area contributed by atoms with Crippen molar-refractivity contribution in [2.24, 2.45) is 18.9 Å². The number of esters is 1. The Labute approximate surface area is 240 Å². The molecule has 0 saturated heterocycles. The highest BCUT2D eigenvalue weighted by Gasteiger charge is 2.42. The van der Waals surface area contributed by atoms with Gasteiger partial charge in [0.1, 0.15) is 6.04 Å². The second-order valence-corrected chi connectivity index (χ2v) is 12.2. The minimum absolute atomic E-state index is 0.0432. The van der Waals surface area contributed by atoms with E-state index in [1.54, 1.807) is 31.9 Å². The average Bonchev–Trinajstić information content (AvgIpc) is 3.21. The minimum Gasteiger partial charge on any atom is -0.463 e. The SMILES string of the molecule is CCOC(=O)C(C)=C[C@H](C(C)C)N(C)C(=O)[C@@H](NC(=O)[C@@H](N(C)C)C(C)(C)c1cn(C)c2ccccc12)C(C)C. The van der Waals surface area contributed by atoms with Gasteiger partial charge in [-0.15, -0.1) is 0 Å². The van der Waals surface area contributed by atoms with Crippen LogP contribution in [0, 0.1) is 11.8 Å². The third-order valence-corrected chi connectivity index (χ3v) is 7.77. The van der Waals surface area contributed by atoms with Gasteiger partial charge < -0.3 is 19.5 Å². The number of fused-ring (bicyclic) bond motifs is 1. The molecular formula is C32H50N4O4. The zero-order valence-electron chi connectivity index (χ0n) is 26.5.